The minimum Gasteiger partial charge on any atom is -0.301 e. The van der Waals surface area contributed by atoms with Gasteiger partial charge < -0.3 is 5.32 Å². The van der Waals surface area contributed by atoms with Gasteiger partial charge in [0.25, 0.3) is 0 Å². The summed E-state index contributed by atoms with van der Waals surface area (Å²) in [5.74, 6) is -0.434. The van der Waals surface area contributed by atoms with Crippen LogP contribution in [0.4, 0.5) is 5.13 Å². The number of hydrogen-bond acceptors (Lipinski definition) is 5. The van der Waals surface area contributed by atoms with E-state index >= 15 is 0 Å². The SMILES string of the molecule is CN(CC(=O)Nc1ncc(Cc2ccccc2Cl)s1)S(C)(=O)=O. The zero-order chi connectivity index (χ0) is 17.0. The third-order valence-electron chi connectivity index (χ3n) is 3.05. The predicted molar refractivity (Wildman–Crippen MR) is 92.5 cm³/mol. The second-order valence-corrected chi connectivity index (χ2v) is 8.58. The van der Waals surface area contributed by atoms with Gasteiger partial charge in [-0.1, -0.05) is 29.8 Å². The van der Waals surface area contributed by atoms with Crippen molar-refractivity contribution in [1.82, 2.24) is 9.29 Å². The van der Waals surface area contributed by atoms with E-state index in [0.29, 0.717) is 16.6 Å². The van der Waals surface area contributed by atoms with Crippen LogP contribution in [0.1, 0.15) is 10.4 Å². The van der Waals surface area contributed by atoms with Gasteiger partial charge in [0.05, 0.1) is 12.8 Å². The summed E-state index contributed by atoms with van der Waals surface area (Å²) in [7, 11) is -2.04. The Labute approximate surface area is 144 Å². The van der Waals surface area contributed by atoms with Gasteiger partial charge in [0, 0.05) is 29.6 Å². The molecule has 23 heavy (non-hydrogen) atoms. The Morgan fingerprint density at radius 3 is 2.74 bits per heavy atom. The molecule has 2 rings (SSSR count). The monoisotopic (exact) mass is 373 g/mol. The zero-order valence-corrected chi connectivity index (χ0v) is 15.0. The minimum absolute atomic E-state index is 0.252. The highest BCUT2D eigenvalue weighted by Crippen LogP contribution is 2.24. The van der Waals surface area contributed by atoms with E-state index in [-0.39, 0.29) is 6.54 Å². The standard InChI is InChI=1S/C14H16ClN3O3S2/c1-18(23(2,20)21)9-13(19)17-14-16-8-11(22-14)7-10-5-3-4-6-12(10)15/h3-6,8H,7,9H2,1-2H3,(H,16,17,19). The summed E-state index contributed by atoms with van der Waals surface area (Å²) in [6.45, 7) is -0.252. The van der Waals surface area contributed by atoms with Gasteiger partial charge in [-0.05, 0) is 11.6 Å². The molecule has 0 aliphatic carbocycles. The van der Waals surface area contributed by atoms with E-state index in [4.69, 9.17) is 11.6 Å². The van der Waals surface area contributed by atoms with E-state index < -0.39 is 15.9 Å². The van der Waals surface area contributed by atoms with Crippen molar-refractivity contribution in [2.45, 2.75) is 6.42 Å². The number of hydrogen-bond donors (Lipinski definition) is 1. The van der Waals surface area contributed by atoms with E-state index in [1.54, 1.807) is 6.20 Å². The normalized spacial score (nSPS) is 11.7. The number of carbonyl (C=O) groups is 1. The lowest BCUT2D eigenvalue weighted by molar-refractivity contribution is -0.116. The summed E-state index contributed by atoms with van der Waals surface area (Å²) in [6.07, 6.45) is 3.34. The number of benzene rings is 1. The molecule has 6 nitrogen and oxygen atoms in total. The first-order chi connectivity index (χ1) is 10.8. The molecule has 1 N–H and O–H groups in total. The fourth-order valence-corrected chi connectivity index (χ4v) is 3.16. The average Bonchev–Trinajstić information content (AvgIpc) is 2.87. The summed E-state index contributed by atoms with van der Waals surface area (Å²) >= 11 is 7.45. The molecule has 0 aliphatic rings. The predicted octanol–water partition coefficient (Wildman–Crippen LogP) is 2.22. The van der Waals surface area contributed by atoms with E-state index in [0.717, 1.165) is 21.0 Å². The highest BCUT2D eigenvalue weighted by molar-refractivity contribution is 7.88. The highest BCUT2D eigenvalue weighted by Gasteiger charge is 2.16. The third kappa shape index (κ3) is 5.28. The summed E-state index contributed by atoms with van der Waals surface area (Å²) in [6, 6.07) is 7.53. The molecule has 0 spiro atoms. The number of sulfonamides is 1. The van der Waals surface area contributed by atoms with Crippen LogP contribution in [-0.2, 0) is 21.2 Å². The molecule has 2 aromatic rings. The maximum Gasteiger partial charge on any atom is 0.241 e. The van der Waals surface area contributed by atoms with Crippen molar-refractivity contribution >= 4 is 44.0 Å². The van der Waals surface area contributed by atoms with Crippen LogP contribution in [-0.4, -0.2) is 43.5 Å². The van der Waals surface area contributed by atoms with Crippen molar-refractivity contribution < 1.29 is 13.2 Å². The van der Waals surface area contributed by atoms with Gasteiger partial charge in [0.15, 0.2) is 5.13 Å². The molecule has 1 aromatic carbocycles. The van der Waals surface area contributed by atoms with Gasteiger partial charge in [-0.15, -0.1) is 11.3 Å². The number of halogens is 1. The van der Waals surface area contributed by atoms with Crippen LogP contribution < -0.4 is 5.32 Å². The lowest BCUT2D eigenvalue weighted by Crippen LogP contribution is -2.34. The van der Waals surface area contributed by atoms with Crippen LogP contribution in [0, 0.1) is 0 Å². The van der Waals surface area contributed by atoms with Crippen molar-refractivity contribution in [2.24, 2.45) is 0 Å². The Balaban J connectivity index is 1.97. The molecule has 0 fully saturated rings. The van der Waals surface area contributed by atoms with Gasteiger partial charge in [-0.2, -0.15) is 4.31 Å². The Morgan fingerprint density at radius 2 is 2.09 bits per heavy atom. The first-order valence-electron chi connectivity index (χ1n) is 6.65. The molecule has 1 heterocycles. The van der Waals surface area contributed by atoms with E-state index in [2.05, 4.69) is 10.3 Å². The quantitative estimate of drug-likeness (QED) is 0.841. The van der Waals surface area contributed by atoms with Crippen LogP contribution in [0.5, 0.6) is 0 Å². The largest absolute Gasteiger partial charge is 0.301 e. The molecule has 0 saturated carbocycles. The van der Waals surface area contributed by atoms with Gasteiger partial charge in [-0.25, -0.2) is 13.4 Å². The second kappa shape index (κ2) is 7.39. The number of rotatable bonds is 6. The first kappa shape index (κ1) is 17.9. The van der Waals surface area contributed by atoms with Crippen LogP contribution in [0.25, 0.3) is 0 Å². The summed E-state index contributed by atoms with van der Waals surface area (Å²) < 4.78 is 23.5. The first-order valence-corrected chi connectivity index (χ1v) is 9.69. The lowest BCUT2D eigenvalue weighted by Gasteiger charge is -2.12. The summed E-state index contributed by atoms with van der Waals surface area (Å²) in [4.78, 5) is 16.9. The van der Waals surface area contributed by atoms with Gasteiger partial charge in [0.1, 0.15) is 0 Å². The topological polar surface area (TPSA) is 79.4 Å². The number of nitrogens with zero attached hydrogens (tertiary/aromatic N) is 2. The highest BCUT2D eigenvalue weighted by atomic mass is 35.5. The van der Waals surface area contributed by atoms with E-state index in [1.807, 2.05) is 24.3 Å². The van der Waals surface area contributed by atoms with Gasteiger partial charge in [-0.3, -0.25) is 4.79 Å². The molecular formula is C14H16ClN3O3S2. The zero-order valence-electron chi connectivity index (χ0n) is 12.6. The Kier molecular flexibility index (Phi) is 5.74. The van der Waals surface area contributed by atoms with Crippen molar-refractivity contribution in [3.8, 4) is 0 Å². The van der Waals surface area contributed by atoms with Crippen LogP contribution in [0.15, 0.2) is 30.5 Å². The Morgan fingerprint density at radius 1 is 1.39 bits per heavy atom. The fraction of sp³-hybridized carbons (Fsp3) is 0.286. The fourth-order valence-electron chi connectivity index (χ4n) is 1.75. The second-order valence-electron chi connectivity index (χ2n) is 4.97. The molecule has 1 aromatic heterocycles. The number of anilines is 1. The lowest BCUT2D eigenvalue weighted by atomic mass is 10.1. The molecule has 0 atom stereocenters. The maximum atomic E-state index is 11.8. The van der Waals surface area contributed by atoms with E-state index in [9.17, 15) is 13.2 Å². The number of thiazole rings is 1. The number of carbonyl (C=O) groups excluding carboxylic acids is 1. The van der Waals surface area contributed by atoms with Crippen molar-refractivity contribution in [3.63, 3.8) is 0 Å². The van der Waals surface area contributed by atoms with Crippen LogP contribution in [0.2, 0.25) is 5.02 Å². The molecule has 9 heteroatoms. The molecular weight excluding hydrogens is 358 g/mol. The number of amides is 1. The minimum atomic E-state index is -3.39. The maximum absolute atomic E-state index is 11.8. The summed E-state index contributed by atoms with van der Waals surface area (Å²) in [5.41, 5.74) is 0.979. The molecule has 1 amide bonds. The Hall–Kier alpha value is -1.48. The van der Waals surface area contributed by atoms with Gasteiger partial charge >= 0.3 is 0 Å². The molecule has 0 radical (unpaired) electrons. The number of nitrogens with one attached hydrogen (secondary N) is 1. The van der Waals surface area contributed by atoms with Crippen molar-refractivity contribution in [1.29, 1.82) is 0 Å². The van der Waals surface area contributed by atoms with Crippen molar-refractivity contribution in [3.05, 3.63) is 45.9 Å². The average molecular weight is 374 g/mol. The summed E-state index contributed by atoms with van der Waals surface area (Å²) in [5, 5.41) is 3.71. The van der Waals surface area contributed by atoms with Gasteiger partial charge in [0.2, 0.25) is 15.9 Å². The van der Waals surface area contributed by atoms with Crippen LogP contribution in [0.3, 0.4) is 0 Å². The molecule has 0 saturated heterocycles. The number of likely N-dealkylation sites (N-methyl/N-ethyl adjacent to an activating group) is 1. The third-order valence-corrected chi connectivity index (χ3v) is 5.60. The van der Waals surface area contributed by atoms with Crippen molar-refractivity contribution in [2.75, 3.05) is 25.2 Å². The van der Waals surface area contributed by atoms with Crippen LogP contribution >= 0.6 is 22.9 Å². The smallest absolute Gasteiger partial charge is 0.241 e. The molecule has 0 bridgehead atoms. The molecule has 0 unspecified atom stereocenters. The van der Waals surface area contributed by atoms with E-state index in [1.165, 1.54) is 18.4 Å². The number of aromatic nitrogens is 1. The Bertz CT molecular complexity index is 805. The molecule has 0 aliphatic heterocycles. The molecule has 124 valence electrons.